The van der Waals surface area contributed by atoms with E-state index in [9.17, 15) is 4.79 Å². The minimum atomic E-state index is 0.302. The molecule has 0 spiro atoms. The first kappa shape index (κ1) is 11.9. The molecule has 0 heterocycles. The summed E-state index contributed by atoms with van der Waals surface area (Å²) in [6, 6.07) is 8.09. The Balaban J connectivity index is 2.20. The molecular weight excluding hydrogens is 284 g/mol. The molecule has 1 aliphatic rings. The van der Waals surface area contributed by atoms with Gasteiger partial charge < -0.3 is 0 Å². The van der Waals surface area contributed by atoms with E-state index in [4.69, 9.17) is 0 Å². The zero-order chi connectivity index (χ0) is 11.5. The van der Waals surface area contributed by atoms with Gasteiger partial charge in [-0.2, -0.15) is 0 Å². The highest BCUT2D eigenvalue weighted by Crippen LogP contribution is 2.35. The third-order valence-corrected chi connectivity index (χ3v) is 4.45. The van der Waals surface area contributed by atoms with Crippen LogP contribution in [-0.2, 0) is 4.79 Å². The van der Waals surface area contributed by atoms with E-state index in [1.807, 2.05) is 24.3 Å². The first-order valence-electron chi connectivity index (χ1n) is 5.33. The van der Waals surface area contributed by atoms with E-state index >= 15 is 0 Å². The SMILES string of the molecule is CC1=C(Sc2ccc(Br)cc2)C(=O)CCC1. The molecule has 0 amide bonds. The maximum atomic E-state index is 11.8. The summed E-state index contributed by atoms with van der Waals surface area (Å²) in [6.45, 7) is 2.07. The lowest BCUT2D eigenvalue weighted by Gasteiger charge is -2.15. The minimum absolute atomic E-state index is 0.302. The minimum Gasteiger partial charge on any atom is -0.294 e. The molecule has 1 nitrogen and oxygen atoms in total. The van der Waals surface area contributed by atoms with E-state index < -0.39 is 0 Å². The Kier molecular flexibility index (Phi) is 3.87. The predicted molar refractivity (Wildman–Crippen MR) is 71.6 cm³/mol. The first-order valence-corrected chi connectivity index (χ1v) is 6.94. The smallest absolute Gasteiger partial charge is 0.169 e. The third kappa shape index (κ3) is 2.77. The molecule has 0 aliphatic heterocycles. The van der Waals surface area contributed by atoms with Crippen molar-refractivity contribution in [3.63, 3.8) is 0 Å². The van der Waals surface area contributed by atoms with E-state index in [0.29, 0.717) is 12.2 Å². The Hall–Kier alpha value is -0.540. The lowest BCUT2D eigenvalue weighted by atomic mass is 10.00. The molecule has 0 fully saturated rings. The van der Waals surface area contributed by atoms with Gasteiger partial charge in [0.25, 0.3) is 0 Å². The van der Waals surface area contributed by atoms with Crippen LogP contribution in [0.25, 0.3) is 0 Å². The second-order valence-electron chi connectivity index (χ2n) is 3.94. The Labute approximate surface area is 108 Å². The number of carbonyl (C=O) groups excluding carboxylic acids is 1. The number of hydrogen-bond donors (Lipinski definition) is 0. The Morgan fingerprint density at radius 3 is 2.50 bits per heavy atom. The Morgan fingerprint density at radius 1 is 1.19 bits per heavy atom. The van der Waals surface area contributed by atoms with E-state index in [-0.39, 0.29) is 0 Å². The third-order valence-electron chi connectivity index (χ3n) is 2.63. The van der Waals surface area contributed by atoms with Crippen molar-refractivity contribution in [2.45, 2.75) is 31.1 Å². The van der Waals surface area contributed by atoms with Gasteiger partial charge >= 0.3 is 0 Å². The normalized spacial score (nSPS) is 16.8. The molecule has 0 atom stereocenters. The summed E-state index contributed by atoms with van der Waals surface area (Å²) >= 11 is 5.00. The Bertz CT molecular complexity index is 434. The average molecular weight is 297 g/mol. The first-order chi connectivity index (χ1) is 7.66. The van der Waals surface area contributed by atoms with Crippen molar-refractivity contribution < 1.29 is 4.79 Å². The fraction of sp³-hybridized carbons (Fsp3) is 0.308. The molecule has 2 rings (SSSR count). The topological polar surface area (TPSA) is 17.1 Å². The van der Waals surface area contributed by atoms with Crippen LogP contribution in [-0.4, -0.2) is 5.78 Å². The number of rotatable bonds is 2. The van der Waals surface area contributed by atoms with Crippen LogP contribution in [0.5, 0.6) is 0 Å². The van der Waals surface area contributed by atoms with Crippen LogP contribution < -0.4 is 0 Å². The van der Waals surface area contributed by atoms with Crippen molar-refractivity contribution in [1.82, 2.24) is 0 Å². The van der Waals surface area contributed by atoms with Crippen LogP contribution in [0.15, 0.2) is 44.1 Å². The summed E-state index contributed by atoms with van der Waals surface area (Å²) in [6.07, 6.45) is 2.77. The van der Waals surface area contributed by atoms with E-state index in [0.717, 1.165) is 27.1 Å². The highest BCUT2D eigenvalue weighted by atomic mass is 79.9. The maximum absolute atomic E-state index is 11.8. The summed E-state index contributed by atoms with van der Waals surface area (Å²) in [5.41, 5.74) is 1.24. The largest absolute Gasteiger partial charge is 0.294 e. The van der Waals surface area contributed by atoms with E-state index in [1.165, 1.54) is 5.57 Å². The summed E-state index contributed by atoms with van der Waals surface area (Å²) in [5.74, 6) is 0.302. The van der Waals surface area contributed by atoms with Crippen molar-refractivity contribution in [3.8, 4) is 0 Å². The zero-order valence-corrected chi connectivity index (χ0v) is 11.5. The van der Waals surface area contributed by atoms with Crippen molar-refractivity contribution in [2.75, 3.05) is 0 Å². The van der Waals surface area contributed by atoms with Crippen LogP contribution in [0.2, 0.25) is 0 Å². The Morgan fingerprint density at radius 2 is 1.88 bits per heavy atom. The predicted octanol–water partition coefficient (Wildman–Crippen LogP) is 4.57. The summed E-state index contributed by atoms with van der Waals surface area (Å²) in [4.78, 5) is 13.9. The fourth-order valence-electron chi connectivity index (χ4n) is 1.74. The van der Waals surface area contributed by atoms with Crippen LogP contribution in [0.3, 0.4) is 0 Å². The number of allylic oxidation sites excluding steroid dienone is 2. The number of ketones is 1. The molecular formula is C13H13BrOS. The van der Waals surface area contributed by atoms with Gasteiger partial charge in [0.15, 0.2) is 5.78 Å². The molecule has 1 aromatic rings. The number of carbonyl (C=O) groups is 1. The van der Waals surface area contributed by atoms with Crippen LogP contribution in [0.1, 0.15) is 26.2 Å². The van der Waals surface area contributed by atoms with E-state index in [2.05, 4.69) is 22.9 Å². The molecule has 0 saturated heterocycles. The van der Waals surface area contributed by atoms with Gasteiger partial charge in [-0.05, 0) is 44.0 Å². The van der Waals surface area contributed by atoms with Gasteiger partial charge in [0.1, 0.15) is 0 Å². The lowest BCUT2D eigenvalue weighted by molar-refractivity contribution is -0.115. The molecule has 0 bridgehead atoms. The van der Waals surface area contributed by atoms with Crippen molar-refractivity contribution >= 4 is 33.5 Å². The molecule has 16 heavy (non-hydrogen) atoms. The lowest BCUT2D eigenvalue weighted by Crippen LogP contribution is -2.07. The molecule has 0 unspecified atom stereocenters. The van der Waals surface area contributed by atoms with Crippen LogP contribution in [0, 0.1) is 0 Å². The molecule has 1 aliphatic carbocycles. The molecule has 0 saturated carbocycles. The van der Waals surface area contributed by atoms with Crippen LogP contribution >= 0.6 is 27.7 Å². The summed E-state index contributed by atoms with van der Waals surface area (Å²) < 4.78 is 1.07. The van der Waals surface area contributed by atoms with Crippen molar-refractivity contribution in [1.29, 1.82) is 0 Å². The van der Waals surface area contributed by atoms with Gasteiger partial charge in [0.2, 0.25) is 0 Å². The highest BCUT2D eigenvalue weighted by molar-refractivity contribution is 9.10. The van der Waals surface area contributed by atoms with Crippen molar-refractivity contribution in [2.24, 2.45) is 0 Å². The number of halogens is 1. The summed E-state index contributed by atoms with van der Waals surface area (Å²) in [5, 5.41) is 0. The molecule has 0 radical (unpaired) electrons. The fourth-order valence-corrected chi connectivity index (χ4v) is 3.01. The standard InChI is InChI=1S/C13H13BrOS/c1-9-3-2-4-12(15)13(9)16-11-7-5-10(14)6-8-11/h5-8H,2-4H2,1H3. The van der Waals surface area contributed by atoms with Gasteiger partial charge in [0, 0.05) is 15.8 Å². The number of hydrogen-bond acceptors (Lipinski definition) is 2. The number of Topliss-reactive ketones (excluding diaryl/α,β-unsaturated/α-hetero) is 1. The number of benzene rings is 1. The highest BCUT2D eigenvalue weighted by Gasteiger charge is 2.18. The van der Waals surface area contributed by atoms with Crippen LogP contribution in [0.4, 0.5) is 0 Å². The van der Waals surface area contributed by atoms with Gasteiger partial charge in [-0.1, -0.05) is 33.3 Å². The molecule has 1 aromatic carbocycles. The second kappa shape index (κ2) is 5.19. The zero-order valence-electron chi connectivity index (χ0n) is 9.13. The van der Waals surface area contributed by atoms with E-state index in [1.54, 1.807) is 11.8 Å². The summed E-state index contributed by atoms with van der Waals surface area (Å²) in [7, 11) is 0. The number of thioether (sulfide) groups is 1. The monoisotopic (exact) mass is 296 g/mol. The molecule has 84 valence electrons. The van der Waals surface area contributed by atoms with Gasteiger partial charge in [-0.3, -0.25) is 4.79 Å². The average Bonchev–Trinajstić information content (AvgIpc) is 2.26. The molecule has 0 N–H and O–H groups in total. The van der Waals surface area contributed by atoms with Gasteiger partial charge in [0.05, 0.1) is 4.91 Å². The van der Waals surface area contributed by atoms with Crippen molar-refractivity contribution in [3.05, 3.63) is 39.2 Å². The maximum Gasteiger partial charge on any atom is 0.169 e. The van der Waals surface area contributed by atoms with Gasteiger partial charge in [-0.25, -0.2) is 0 Å². The molecule has 3 heteroatoms. The second-order valence-corrected chi connectivity index (χ2v) is 5.94. The quantitative estimate of drug-likeness (QED) is 0.795. The molecule has 0 aromatic heterocycles. The van der Waals surface area contributed by atoms with Gasteiger partial charge in [-0.15, -0.1) is 0 Å².